The number of carbonyl (C=O) groups excluding carboxylic acids is 2. The number of hydrogen-bond acceptors (Lipinski definition) is 14. The number of nitrogens with two attached hydrogens (primary N) is 3. The van der Waals surface area contributed by atoms with Gasteiger partial charge in [0.25, 0.3) is 0 Å². The molecule has 592 valence electrons. The van der Waals surface area contributed by atoms with E-state index in [9.17, 15) is 31.9 Å². The molecule has 113 heavy (non-hydrogen) atoms. The zero-order valence-corrected chi connectivity index (χ0v) is 66.5. The number of aromatic nitrogens is 3. The average molecular weight is 1630 g/mol. The van der Waals surface area contributed by atoms with Crippen LogP contribution in [-0.2, 0) is 82.6 Å². The van der Waals surface area contributed by atoms with Crippen molar-refractivity contribution >= 4 is 91.5 Å². The van der Waals surface area contributed by atoms with E-state index in [4.69, 9.17) is 56.0 Å². The number of ether oxygens (including phenoxy) is 5. The quantitative estimate of drug-likeness (QED) is 0.0167. The Morgan fingerprint density at radius 3 is 1.12 bits per heavy atom. The fraction of sp³-hybridized carbons (Fsp3) is 0.259. The predicted molar refractivity (Wildman–Crippen MR) is 429 cm³/mol. The first-order chi connectivity index (χ1) is 52.6. The van der Waals surface area contributed by atoms with Crippen LogP contribution in [0, 0.1) is 34.9 Å². The normalized spacial score (nSPS) is 10.9. The molecule has 0 saturated carbocycles. The molecule has 9 aromatic carbocycles. The van der Waals surface area contributed by atoms with Crippen molar-refractivity contribution in [1.29, 1.82) is 0 Å². The molecule has 0 bridgehead atoms. The molecule has 0 aliphatic rings. The zero-order valence-electron chi connectivity index (χ0n) is 64.1. The van der Waals surface area contributed by atoms with Crippen LogP contribution in [0.1, 0.15) is 124 Å². The predicted octanol–water partition coefficient (Wildman–Crippen LogP) is 14.2. The molecule has 10 N–H and O–H groups in total. The molecule has 12 aromatic rings. The molecule has 0 saturated heterocycles. The van der Waals surface area contributed by atoms with Crippen molar-refractivity contribution in [3.8, 4) is 39.5 Å². The number of carboxylic acid groups (broad SMARTS) is 1. The first-order valence-electron chi connectivity index (χ1n) is 35.8. The van der Waals surface area contributed by atoms with Gasteiger partial charge in [0.1, 0.15) is 72.0 Å². The van der Waals surface area contributed by atoms with Crippen LogP contribution < -0.4 is 55.7 Å². The third kappa shape index (κ3) is 23.4. The van der Waals surface area contributed by atoms with Gasteiger partial charge in [0, 0.05) is 162 Å². The number of carboxylic acids is 1. The van der Waals surface area contributed by atoms with Gasteiger partial charge in [0.15, 0.2) is 0 Å². The van der Waals surface area contributed by atoms with Crippen LogP contribution in [-0.4, -0.2) is 72.6 Å². The molecule has 18 nitrogen and oxygen atoms in total. The van der Waals surface area contributed by atoms with Crippen molar-refractivity contribution in [3.63, 3.8) is 0 Å². The number of aliphatic carboxylic acids is 1. The Hall–Kier alpha value is -9.82. The maximum atomic E-state index is 15.3. The van der Waals surface area contributed by atoms with Gasteiger partial charge in [-0.3, -0.25) is 14.4 Å². The second-order valence-corrected chi connectivity index (χ2v) is 27.5. The Morgan fingerprint density at radius 2 is 0.779 bits per heavy atom. The van der Waals surface area contributed by atoms with E-state index in [1.165, 1.54) is 66.7 Å². The molecule has 0 aliphatic carbocycles. The molecule has 0 unspecified atom stereocenters. The molecule has 12 rings (SSSR count). The van der Waals surface area contributed by atoms with Gasteiger partial charge in [0.05, 0.1) is 32.5 Å². The van der Waals surface area contributed by atoms with Crippen molar-refractivity contribution in [2.45, 2.75) is 132 Å². The summed E-state index contributed by atoms with van der Waals surface area (Å²) in [6, 6.07) is 45.2. The van der Waals surface area contributed by atoms with E-state index in [0.717, 1.165) is 59.4 Å². The van der Waals surface area contributed by atoms with Gasteiger partial charge in [0.2, 0.25) is 0 Å². The molecule has 0 atom stereocenters. The number of hydrogen-bond donors (Lipinski definition) is 6. The van der Waals surface area contributed by atoms with Crippen LogP contribution in [0.25, 0.3) is 55.0 Å². The van der Waals surface area contributed by atoms with Crippen molar-refractivity contribution in [1.82, 2.24) is 13.7 Å². The Labute approximate surface area is 678 Å². The van der Waals surface area contributed by atoms with Crippen molar-refractivity contribution in [2.75, 3.05) is 13.2 Å². The largest absolute Gasteiger partial charge is 1.00 e. The molecule has 0 radical (unpaired) electrons. The van der Waals surface area contributed by atoms with E-state index in [1.54, 1.807) is 56.3 Å². The van der Waals surface area contributed by atoms with Gasteiger partial charge in [-0.05, 0) is 156 Å². The molecular weight excluding hydrogens is 1540 g/mol. The minimum Gasteiger partial charge on any atom is -0.870 e. The summed E-state index contributed by atoms with van der Waals surface area (Å²) in [5.41, 5.74) is 26.9. The summed E-state index contributed by atoms with van der Waals surface area (Å²) in [6.45, 7) is 17.2. The number of halogens is 8. The molecule has 0 aliphatic heterocycles. The minimum atomic E-state index is -1.78. The van der Waals surface area contributed by atoms with E-state index >= 15 is 8.78 Å². The summed E-state index contributed by atoms with van der Waals surface area (Å²) >= 11 is 3.62. The third-order valence-electron chi connectivity index (χ3n) is 18.0. The number of rotatable bonds is 26. The summed E-state index contributed by atoms with van der Waals surface area (Å²) in [5, 5.41) is 29.5. The van der Waals surface area contributed by atoms with Crippen LogP contribution in [0.4, 0.5) is 26.3 Å². The van der Waals surface area contributed by atoms with E-state index in [1.807, 2.05) is 54.9 Å². The van der Waals surface area contributed by atoms with Gasteiger partial charge in [-0.2, -0.15) is 0 Å². The van der Waals surface area contributed by atoms with Crippen LogP contribution in [0.5, 0.6) is 17.2 Å². The maximum absolute atomic E-state index is 15.3. The standard InChI is InChI=1S/C29H30F2N2O3.C27H26F2N2O3.C22H23BrFNO3.C7H9BFNO2.ClH.Li.H2O/c1-4-35-28(34)14-20-8-9-22(30)15-27(20)36-17-19-12-25(24-7-5-6-21(16-32)29(24)31)23-10-11-33(18(2)3)26(23)13-19;1-16(2)31-9-8-21-23(22-5-3-4-19(14-30)27(22)29)10-17(11-24(21)31)15-34-25-13-20(28)7-6-18(25)12-26(32)33;1-4-27-22(26)11-16-5-6-17(24)12-21(16)28-13-15-9-19(23)18-7-8-25(14(2)3)20(18)10-15;9-7-5(4-10)2-1-3-6(7)8(11)12;;;/h5-13,15,18H,4,14,16-17,32H2,1-3H3;3-11,13,16H,12,14-15,30H2,1-2H3,(H,32,33);5-10,12,14H,4,11,13H2,1-3H3;1-3,11-12H,4,10H2;1H;;1H2/q;;;;;+1;/p-1. The summed E-state index contributed by atoms with van der Waals surface area (Å²) in [6.07, 6.45) is 5.75. The van der Waals surface area contributed by atoms with Gasteiger partial charge in [-0.1, -0.05) is 88.7 Å². The smallest absolute Gasteiger partial charge is 0.870 e. The number of carbonyl (C=O) groups is 3. The van der Waals surface area contributed by atoms with Crippen LogP contribution >= 0.6 is 28.3 Å². The van der Waals surface area contributed by atoms with Crippen molar-refractivity contribution in [3.05, 3.63) is 272 Å². The fourth-order valence-electron chi connectivity index (χ4n) is 12.6. The van der Waals surface area contributed by atoms with Crippen LogP contribution in [0.3, 0.4) is 0 Å². The van der Waals surface area contributed by atoms with E-state index < -0.39 is 42.3 Å². The Morgan fingerprint density at radius 1 is 0.442 bits per heavy atom. The third-order valence-corrected chi connectivity index (χ3v) is 18.6. The second-order valence-electron chi connectivity index (χ2n) is 26.6. The number of esters is 2. The summed E-state index contributed by atoms with van der Waals surface area (Å²) in [5.74, 6) is -3.79. The molecule has 3 heterocycles. The van der Waals surface area contributed by atoms with E-state index in [0.29, 0.717) is 62.9 Å². The van der Waals surface area contributed by atoms with Crippen molar-refractivity contribution in [2.24, 2.45) is 17.2 Å². The van der Waals surface area contributed by atoms with Gasteiger partial charge < -0.3 is 75.2 Å². The first-order valence-corrected chi connectivity index (χ1v) is 36.6. The number of benzene rings is 9. The Kier molecular flexibility index (Phi) is 34.9. The number of nitrogens with zero attached hydrogens (tertiary/aromatic N) is 3. The molecule has 0 spiro atoms. The van der Waals surface area contributed by atoms with Gasteiger partial charge in [-0.25, -0.2) is 26.3 Å². The van der Waals surface area contributed by atoms with Gasteiger partial charge >= 0.3 is 43.9 Å². The molecule has 3 aromatic heterocycles. The summed E-state index contributed by atoms with van der Waals surface area (Å²) in [7, 11) is -1.78. The maximum Gasteiger partial charge on any atom is 1.00 e. The second kappa shape index (κ2) is 42.9. The Balaban J connectivity index is 0.000000244. The minimum absolute atomic E-state index is 0. The SMILES string of the molecule is CC(C)n1ccc2c(-c3cccc(CN)c3F)cc(COc3cc(F)ccc3CC(=O)O)cc21.CCOC(=O)Cc1ccc(F)cc1OCc1cc(-c2cccc(CN)c2F)c2ccn(C(C)C)c2c1.CCOC(=O)Cc1ccc(F)cc1OCc1cc(Br)c2ccn(C(C)C)c2c1.Cl.NCc1cccc(B(O)O)c1F.[Li+].[OH-]. The monoisotopic (exact) mass is 1630 g/mol. The van der Waals surface area contributed by atoms with E-state index in [-0.39, 0.29) is 154 Å². The average Bonchev–Trinajstić information content (AvgIpc) is 1.68. The van der Waals surface area contributed by atoms with Gasteiger partial charge in [-0.15, -0.1) is 12.4 Å². The molecular formula is C85H90BBrClF6LiN6O12. The van der Waals surface area contributed by atoms with E-state index in [2.05, 4.69) is 89.5 Å². The van der Waals surface area contributed by atoms with Crippen molar-refractivity contribution < 1.29 is 104 Å². The molecule has 0 amide bonds. The number of fused-ring (bicyclic) bond motifs is 3. The molecule has 28 heteroatoms. The summed E-state index contributed by atoms with van der Waals surface area (Å²) < 4.78 is 120. The summed E-state index contributed by atoms with van der Waals surface area (Å²) in [4.78, 5) is 35.0. The van der Waals surface area contributed by atoms with Crippen LogP contribution in [0.15, 0.2) is 187 Å². The Bertz CT molecular complexity index is 5260. The fourth-order valence-corrected chi connectivity index (χ4v) is 13.2. The molecule has 0 fully saturated rings. The topological polar surface area (TPSA) is 281 Å². The van der Waals surface area contributed by atoms with Crippen LogP contribution in [0.2, 0.25) is 0 Å². The first kappa shape index (κ1) is 92.1. The zero-order chi connectivity index (χ0) is 79.6.